The molecule has 1 unspecified atom stereocenters. The monoisotopic (exact) mass is 316 g/mol. The molecule has 0 heterocycles. The van der Waals surface area contributed by atoms with E-state index in [1.807, 2.05) is 26.8 Å². The van der Waals surface area contributed by atoms with Gasteiger partial charge in [0, 0.05) is 5.56 Å². The number of esters is 1. The number of Topliss-reactive ketones (excluding diaryl/α,β-unsaturated/α-hetero) is 1. The van der Waals surface area contributed by atoms with E-state index >= 15 is 0 Å². The minimum absolute atomic E-state index is 0.0527. The highest BCUT2D eigenvalue weighted by atomic mass is 16.6. The number of carbonyl (C=O) groups excluding carboxylic acids is 2. The largest absolute Gasteiger partial charge is 0.497 e. The average Bonchev–Trinajstić information content (AvgIpc) is 2.94. The molecule has 0 amide bonds. The first-order valence-corrected chi connectivity index (χ1v) is 8.27. The van der Waals surface area contributed by atoms with Crippen LogP contribution >= 0.6 is 0 Å². The van der Waals surface area contributed by atoms with Crippen molar-refractivity contribution in [2.45, 2.75) is 51.6 Å². The van der Waals surface area contributed by atoms with Crippen molar-refractivity contribution < 1.29 is 19.1 Å². The Morgan fingerprint density at radius 1 is 1.22 bits per heavy atom. The zero-order valence-corrected chi connectivity index (χ0v) is 14.2. The lowest BCUT2D eigenvalue weighted by Crippen LogP contribution is -2.41. The molecule has 1 aromatic carbocycles. The molecule has 0 aromatic heterocycles. The third-order valence-corrected chi connectivity index (χ3v) is 4.86. The van der Waals surface area contributed by atoms with Crippen LogP contribution in [0.2, 0.25) is 0 Å². The molecule has 0 N–H and O–H groups in total. The standard InChI is InChI=1S/C19H24O4/c1-19(2,3)23-18(21)16-13-7-5-6-12(13)15-10-11(22-4)8-9-14(15)17(16)20/h8-10,12-13,16H,5-7H2,1-4H3/t12-,13+,16?/m0/s1. The smallest absolute Gasteiger partial charge is 0.317 e. The number of ether oxygens (including phenoxy) is 2. The molecule has 4 heteroatoms. The Bertz CT molecular complexity index is 641. The van der Waals surface area contributed by atoms with E-state index in [0.717, 1.165) is 30.6 Å². The van der Waals surface area contributed by atoms with Crippen molar-refractivity contribution in [1.82, 2.24) is 0 Å². The maximum Gasteiger partial charge on any atom is 0.317 e. The highest BCUT2D eigenvalue weighted by Gasteiger charge is 2.49. The summed E-state index contributed by atoms with van der Waals surface area (Å²) in [6.07, 6.45) is 2.95. The number of ketones is 1. The lowest BCUT2D eigenvalue weighted by atomic mass is 9.69. The fourth-order valence-corrected chi connectivity index (χ4v) is 3.98. The SMILES string of the molecule is COc1ccc2c(c1)[C@H]1CCC[C@H]1C(C(=O)OC(C)(C)C)C2=O. The number of hydrogen-bond acceptors (Lipinski definition) is 4. The van der Waals surface area contributed by atoms with Crippen molar-refractivity contribution in [3.05, 3.63) is 29.3 Å². The van der Waals surface area contributed by atoms with Crippen LogP contribution in [0.5, 0.6) is 5.75 Å². The molecule has 1 saturated carbocycles. The van der Waals surface area contributed by atoms with Gasteiger partial charge >= 0.3 is 5.97 Å². The van der Waals surface area contributed by atoms with Crippen LogP contribution in [0.4, 0.5) is 0 Å². The molecular formula is C19H24O4. The summed E-state index contributed by atoms with van der Waals surface area (Å²) in [4.78, 5) is 25.6. The molecule has 2 aliphatic carbocycles. The van der Waals surface area contributed by atoms with Gasteiger partial charge in [-0.05, 0) is 69.2 Å². The maximum atomic E-state index is 12.9. The Hall–Kier alpha value is -1.84. The van der Waals surface area contributed by atoms with Gasteiger partial charge in [0.05, 0.1) is 7.11 Å². The summed E-state index contributed by atoms with van der Waals surface area (Å²) in [5.74, 6) is -0.0752. The molecule has 2 aliphatic rings. The van der Waals surface area contributed by atoms with Gasteiger partial charge in [-0.25, -0.2) is 0 Å². The summed E-state index contributed by atoms with van der Waals surface area (Å²) in [7, 11) is 1.63. The summed E-state index contributed by atoms with van der Waals surface area (Å²) in [6.45, 7) is 5.51. The van der Waals surface area contributed by atoms with Gasteiger partial charge in [-0.15, -0.1) is 0 Å². The second-order valence-electron chi connectivity index (χ2n) is 7.53. The van der Waals surface area contributed by atoms with Gasteiger partial charge in [0.1, 0.15) is 17.3 Å². The van der Waals surface area contributed by atoms with Gasteiger partial charge in [-0.1, -0.05) is 6.42 Å². The molecule has 0 aliphatic heterocycles. The van der Waals surface area contributed by atoms with Crippen LogP contribution < -0.4 is 4.74 Å². The first-order chi connectivity index (χ1) is 10.8. The lowest BCUT2D eigenvalue weighted by molar-refractivity contribution is -0.160. The molecule has 0 saturated heterocycles. The topological polar surface area (TPSA) is 52.6 Å². The number of rotatable bonds is 2. The van der Waals surface area contributed by atoms with Gasteiger partial charge in [0.15, 0.2) is 5.78 Å². The number of benzene rings is 1. The van der Waals surface area contributed by atoms with Crippen LogP contribution in [0.3, 0.4) is 0 Å². The van der Waals surface area contributed by atoms with Crippen LogP contribution in [-0.4, -0.2) is 24.5 Å². The normalized spacial score (nSPS) is 26.4. The summed E-state index contributed by atoms with van der Waals surface area (Å²) in [5.41, 5.74) is 1.12. The van der Waals surface area contributed by atoms with Gasteiger partial charge in [0.25, 0.3) is 0 Å². The summed E-state index contributed by atoms with van der Waals surface area (Å²) >= 11 is 0. The third kappa shape index (κ3) is 2.87. The molecule has 0 bridgehead atoms. The lowest BCUT2D eigenvalue weighted by Gasteiger charge is -2.34. The molecule has 3 rings (SSSR count). The Morgan fingerprint density at radius 2 is 1.96 bits per heavy atom. The quantitative estimate of drug-likeness (QED) is 0.616. The maximum absolute atomic E-state index is 12.9. The highest BCUT2D eigenvalue weighted by molar-refractivity contribution is 6.11. The average molecular weight is 316 g/mol. The molecule has 3 atom stereocenters. The molecule has 0 spiro atoms. The molecular weight excluding hydrogens is 292 g/mol. The van der Waals surface area contributed by atoms with Crippen molar-refractivity contribution >= 4 is 11.8 Å². The predicted molar refractivity (Wildman–Crippen MR) is 86.7 cm³/mol. The Morgan fingerprint density at radius 3 is 2.61 bits per heavy atom. The summed E-state index contributed by atoms with van der Waals surface area (Å²) < 4.78 is 10.8. The van der Waals surface area contributed by atoms with Gasteiger partial charge in [-0.2, -0.15) is 0 Å². The van der Waals surface area contributed by atoms with Gasteiger partial charge < -0.3 is 9.47 Å². The molecule has 1 fully saturated rings. The van der Waals surface area contributed by atoms with Crippen molar-refractivity contribution in [2.75, 3.05) is 7.11 Å². The fraction of sp³-hybridized carbons (Fsp3) is 0.579. The van der Waals surface area contributed by atoms with Gasteiger partial charge in [-0.3, -0.25) is 9.59 Å². The zero-order valence-electron chi connectivity index (χ0n) is 14.2. The summed E-state index contributed by atoms with van der Waals surface area (Å²) in [6, 6.07) is 5.54. The van der Waals surface area contributed by atoms with Crippen molar-refractivity contribution in [3.63, 3.8) is 0 Å². The summed E-state index contributed by atoms with van der Waals surface area (Å²) in [5, 5.41) is 0. The molecule has 124 valence electrons. The molecule has 0 radical (unpaired) electrons. The van der Waals surface area contributed by atoms with E-state index < -0.39 is 11.5 Å². The van der Waals surface area contributed by atoms with Crippen LogP contribution in [0.25, 0.3) is 0 Å². The molecule has 4 nitrogen and oxygen atoms in total. The Balaban J connectivity index is 2.00. The van der Waals surface area contributed by atoms with E-state index in [4.69, 9.17) is 9.47 Å². The number of carbonyl (C=O) groups is 2. The highest BCUT2D eigenvalue weighted by Crippen LogP contribution is 2.50. The van der Waals surface area contributed by atoms with E-state index in [1.54, 1.807) is 19.2 Å². The van der Waals surface area contributed by atoms with E-state index in [1.165, 1.54) is 0 Å². The third-order valence-electron chi connectivity index (χ3n) is 4.86. The Labute approximate surface area is 137 Å². The predicted octanol–water partition coefficient (Wildman–Crippen LogP) is 3.73. The minimum atomic E-state index is -0.664. The second kappa shape index (κ2) is 5.66. The van der Waals surface area contributed by atoms with Crippen LogP contribution in [0.15, 0.2) is 18.2 Å². The number of hydrogen-bond donors (Lipinski definition) is 0. The number of methoxy groups -OCH3 is 1. The zero-order chi connectivity index (χ0) is 16.8. The van der Waals surface area contributed by atoms with Crippen molar-refractivity contribution in [3.8, 4) is 5.75 Å². The van der Waals surface area contributed by atoms with E-state index in [0.29, 0.717) is 5.56 Å². The van der Waals surface area contributed by atoms with Crippen LogP contribution in [-0.2, 0) is 9.53 Å². The minimum Gasteiger partial charge on any atom is -0.497 e. The molecule has 23 heavy (non-hydrogen) atoms. The van der Waals surface area contributed by atoms with Crippen LogP contribution in [0, 0.1) is 11.8 Å². The molecule has 1 aromatic rings. The van der Waals surface area contributed by atoms with Gasteiger partial charge in [0.2, 0.25) is 0 Å². The van der Waals surface area contributed by atoms with Crippen molar-refractivity contribution in [1.29, 1.82) is 0 Å². The van der Waals surface area contributed by atoms with E-state index in [9.17, 15) is 9.59 Å². The first-order valence-electron chi connectivity index (χ1n) is 8.27. The fourth-order valence-electron chi connectivity index (χ4n) is 3.98. The van der Waals surface area contributed by atoms with E-state index in [-0.39, 0.29) is 23.6 Å². The number of fused-ring (bicyclic) bond motifs is 3. The van der Waals surface area contributed by atoms with Crippen molar-refractivity contribution in [2.24, 2.45) is 11.8 Å². The van der Waals surface area contributed by atoms with E-state index in [2.05, 4.69) is 0 Å². The first kappa shape index (κ1) is 16.0. The Kier molecular flexibility index (Phi) is 3.95. The van der Waals surface area contributed by atoms with Crippen LogP contribution in [0.1, 0.15) is 61.9 Å². The second-order valence-corrected chi connectivity index (χ2v) is 7.53.